The normalized spacial score (nSPS) is 10.1. The predicted octanol–water partition coefficient (Wildman–Crippen LogP) is 2.07. The summed E-state index contributed by atoms with van der Waals surface area (Å²) in [5.41, 5.74) is -0.218. The number of carboxylic acid groups (broad SMARTS) is 2. The van der Waals surface area contributed by atoms with Gasteiger partial charge in [0.15, 0.2) is 0 Å². The number of hydrogen-bond acceptors (Lipinski definition) is 4. The van der Waals surface area contributed by atoms with Crippen LogP contribution >= 0.6 is 0 Å². The maximum atomic E-state index is 12.1. The van der Waals surface area contributed by atoms with Crippen LogP contribution in [-0.2, 0) is 4.79 Å². The molecule has 0 bridgehead atoms. The van der Waals surface area contributed by atoms with Gasteiger partial charge in [-0.25, -0.2) is 9.59 Å². The molecule has 0 spiro atoms. The lowest BCUT2D eigenvalue weighted by Gasteiger charge is -2.08. The van der Waals surface area contributed by atoms with Crippen LogP contribution < -0.4 is 10.6 Å². The summed E-state index contributed by atoms with van der Waals surface area (Å²) in [6.45, 7) is 6.19. The minimum atomic E-state index is -1.40. The van der Waals surface area contributed by atoms with Gasteiger partial charge >= 0.3 is 11.9 Å². The highest BCUT2D eigenvalue weighted by molar-refractivity contribution is 6.04. The lowest BCUT2D eigenvalue weighted by atomic mass is 10.0. The molecule has 0 unspecified atom stereocenters. The zero-order valence-electron chi connectivity index (χ0n) is 15.2. The first-order chi connectivity index (χ1) is 12.7. The van der Waals surface area contributed by atoms with Gasteiger partial charge in [-0.1, -0.05) is 19.4 Å². The lowest BCUT2D eigenvalue weighted by molar-refractivity contribution is -0.117. The summed E-state index contributed by atoms with van der Waals surface area (Å²) in [5, 5.41) is 23.5. The third kappa shape index (κ3) is 7.31. The number of benzene rings is 1. The molecule has 0 atom stereocenters. The number of carbonyl (C=O) groups is 4. The number of rotatable bonds is 11. The Bertz CT molecular complexity index is 742. The van der Waals surface area contributed by atoms with Gasteiger partial charge in [-0.2, -0.15) is 0 Å². The van der Waals surface area contributed by atoms with Crippen molar-refractivity contribution in [3.05, 3.63) is 47.0 Å². The Morgan fingerprint density at radius 3 is 1.96 bits per heavy atom. The quantitative estimate of drug-likeness (QED) is 0.345. The predicted molar refractivity (Wildman–Crippen MR) is 99.0 cm³/mol. The Morgan fingerprint density at radius 1 is 0.889 bits per heavy atom. The zero-order valence-corrected chi connectivity index (χ0v) is 15.2. The topological polar surface area (TPSA) is 133 Å². The van der Waals surface area contributed by atoms with E-state index in [9.17, 15) is 19.2 Å². The number of hydrogen-bond donors (Lipinski definition) is 4. The second-order valence-electron chi connectivity index (χ2n) is 6.08. The highest BCUT2D eigenvalue weighted by Crippen LogP contribution is 2.13. The summed E-state index contributed by atoms with van der Waals surface area (Å²) in [5.74, 6) is -3.38. The zero-order chi connectivity index (χ0) is 20.4. The first-order valence-corrected chi connectivity index (χ1v) is 8.56. The van der Waals surface area contributed by atoms with Crippen LogP contribution in [0.3, 0.4) is 0 Å². The molecule has 0 aliphatic carbocycles. The number of unbranched alkanes of at least 4 members (excludes halogenated alkanes) is 3. The van der Waals surface area contributed by atoms with Crippen LogP contribution in [0.25, 0.3) is 0 Å². The Labute approximate surface area is 157 Å². The van der Waals surface area contributed by atoms with Crippen LogP contribution in [0, 0.1) is 0 Å². The summed E-state index contributed by atoms with van der Waals surface area (Å²) in [6.07, 6.45) is 3.31. The third-order valence-electron chi connectivity index (χ3n) is 3.80. The van der Waals surface area contributed by atoms with Crippen LogP contribution in [0.1, 0.15) is 63.7 Å². The molecule has 0 fully saturated rings. The fourth-order valence-corrected chi connectivity index (χ4v) is 2.31. The van der Waals surface area contributed by atoms with Crippen molar-refractivity contribution in [2.24, 2.45) is 0 Å². The molecule has 0 aliphatic heterocycles. The van der Waals surface area contributed by atoms with Crippen LogP contribution in [0.2, 0.25) is 0 Å². The van der Waals surface area contributed by atoms with Gasteiger partial charge in [-0.3, -0.25) is 9.59 Å². The maximum Gasteiger partial charge on any atom is 0.336 e. The molecule has 0 heterocycles. The number of amides is 2. The molecule has 0 aliphatic rings. The van der Waals surface area contributed by atoms with Crippen molar-refractivity contribution in [3.8, 4) is 0 Å². The van der Waals surface area contributed by atoms with E-state index in [4.69, 9.17) is 10.2 Å². The first kappa shape index (κ1) is 21.9. The van der Waals surface area contributed by atoms with Crippen molar-refractivity contribution < 1.29 is 29.4 Å². The highest BCUT2D eigenvalue weighted by atomic mass is 16.4. The Hall–Kier alpha value is -3.16. The molecule has 0 aromatic heterocycles. The Morgan fingerprint density at radius 2 is 1.44 bits per heavy atom. The van der Waals surface area contributed by atoms with E-state index in [-0.39, 0.29) is 17.0 Å². The van der Waals surface area contributed by atoms with Gasteiger partial charge in [0.2, 0.25) is 5.91 Å². The SMILES string of the molecule is C=C(C)C(=O)NCCCCCCNC(=O)c1ccc(C(=O)O)c(C(=O)O)c1. The van der Waals surface area contributed by atoms with E-state index in [1.165, 1.54) is 6.07 Å². The van der Waals surface area contributed by atoms with Crippen LogP contribution in [0.15, 0.2) is 30.4 Å². The monoisotopic (exact) mass is 376 g/mol. The molecule has 0 saturated heterocycles. The second kappa shape index (κ2) is 10.7. The van der Waals surface area contributed by atoms with E-state index in [2.05, 4.69) is 17.2 Å². The maximum absolute atomic E-state index is 12.1. The molecule has 0 radical (unpaired) electrons. The van der Waals surface area contributed by atoms with Gasteiger partial charge in [-0.15, -0.1) is 0 Å². The van der Waals surface area contributed by atoms with Crippen molar-refractivity contribution in [3.63, 3.8) is 0 Å². The molecule has 27 heavy (non-hydrogen) atoms. The molecule has 146 valence electrons. The molecular formula is C19H24N2O6. The molecule has 8 heteroatoms. The van der Waals surface area contributed by atoms with Crippen molar-refractivity contribution in [2.75, 3.05) is 13.1 Å². The number of nitrogens with one attached hydrogen (secondary N) is 2. The molecule has 1 aromatic carbocycles. The highest BCUT2D eigenvalue weighted by Gasteiger charge is 2.18. The molecule has 1 rings (SSSR count). The van der Waals surface area contributed by atoms with E-state index in [1.54, 1.807) is 6.92 Å². The van der Waals surface area contributed by atoms with Gasteiger partial charge in [0.05, 0.1) is 11.1 Å². The molecule has 2 amide bonds. The van der Waals surface area contributed by atoms with E-state index in [0.29, 0.717) is 18.7 Å². The average molecular weight is 376 g/mol. The van der Waals surface area contributed by atoms with E-state index < -0.39 is 23.4 Å². The summed E-state index contributed by atoms with van der Waals surface area (Å²) in [4.78, 5) is 45.5. The second-order valence-corrected chi connectivity index (χ2v) is 6.08. The molecule has 8 nitrogen and oxygen atoms in total. The summed E-state index contributed by atoms with van der Waals surface area (Å²) < 4.78 is 0. The fraction of sp³-hybridized carbons (Fsp3) is 0.368. The van der Waals surface area contributed by atoms with Crippen LogP contribution in [-0.4, -0.2) is 47.1 Å². The van der Waals surface area contributed by atoms with Crippen molar-refractivity contribution >= 4 is 23.8 Å². The Kier molecular flexibility index (Phi) is 8.71. The smallest absolute Gasteiger partial charge is 0.336 e. The minimum absolute atomic E-state index is 0.0971. The van der Waals surface area contributed by atoms with Crippen LogP contribution in [0.5, 0.6) is 0 Å². The van der Waals surface area contributed by atoms with Gasteiger partial charge < -0.3 is 20.8 Å². The summed E-state index contributed by atoms with van der Waals surface area (Å²) in [7, 11) is 0. The number of carboxylic acids is 2. The average Bonchev–Trinajstić information content (AvgIpc) is 2.62. The molecular weight excluding hydrogens is 352 g/mol. The number of aromatic carboxylic acids is 2. The van der Waals surface area contributed by atoms with Crippen LogP contribution in [0.4, 0.5) is 0 Å². The van der Waals surface area contributed by atoms with Crippen molar-refractivity contribution in [2.45, 2.75) is 32.6 Å². The van der Waals surface area contributed by atoms with E-state index in [0.717, 1.165) is 37.8 Å². The molecule has 4 N–H and O–H groups in total. The third-order valence-corrected chi connectivity index (χ3v) is 3.80. The van der Waals surface area contributed by atoms with Gasteiger partial charge in [0.25, 0.3) is 5.91 Å². The molecule has 1 aromatic rings. The standard InChI is InChI=1S/C19H24N2O6/c1-12(2)16(22)20-9-5-3-4-6-10-21-17(23)13-7-8-14(18(24)25)15(11-13)19(26)27/h7-8,11H,1,3-6,9-10H2,2H3,(H,20,22)(H,21,23)(H,24,25)(H,26,27). The largest absolute Gasteiger partial charge is 0.478 e. The van der Waals surface area contributed by atoms with E-state index >= 15 is 0 Å². The van der Waals surface area contributed by atoms with Gasteiger partial charge in [0.1, 0.15) is 0 Å². The van der Waals surface area contributed by atoms with Gasteiger partial charge in [0, 0.05) is 24.2 Å². The Balaban J connectivity index is 2.36. The number of carbonyl (C=O) groups excluding carboxylic acids is 2. The fourth-order valence-electron chi connectivity index (χ4n) is 2.31. The van der Waals surface area contributed by atoms with Gasteiger partial charge in [-0.05, 0) is 38.0 Å². The van der Waals surface area contributed by atoms with Crippen molar-refractivity contribution in [1.29, 1.82) is 0 Å². The minimum Gasteiger partial charge on any atom is -0.478 e. The lowest BCUT2D eigenvalue weighted by Crippen LogP contribution is -2.25. The van der Waals surface area contributed by atoms with E-state index in [1.807, 2.05) is 0 Å². The summed E-state index contributed by atoms with van der Waals surface area (Å²) >= 11 is 0. The first-order valence-electron chi connectivity index (χ1n) is 8.56. The molecule has 0 saturated carbocycles. The summed E-state index contributed by atoms with van der Waals surface area (Å²) in [6, 6.07) is 3.46. The van der Waals surface area contributed by atoms with Crippen molar-refractivity contribution in [1.82, 2.24) is 10.6 Å².